The zero-order chi connectivity index (χ0) is 17.9. The van der Waals surface area contributed by atoms with Crippen LogP contribution in [0.5, 0.6) is 0 Å². The van der Waals surface area contributed by atoms with Gasteiger partial charge in [0.1, 0.15) is 4.83 Å². The van der Waals surface area contributed by atoms with Gasteiger partial charge in [0, 0.05) is 25.5 Å². The number of amides is 1. The number of carbonyl (C=O) groups excluding carboxylic acids is 1. The van der Waals surface area contributed by atoms with Crippen LogP contribution in [0, 0.1) is 11.3 Å². The van der Waals surface area contributed by atoms with Crippen LogP contribution in [0.25, 0.3) is 10.2 Å². The lowest BCUT2D eigenvalue weighted by Gasteiger charge is -2.23. The Morgan fingerprint density at radius 2 is 2.20 bits per heavy atom. The number of rotatable bonds is 3. The van der Waals surface area contributed by atoms with E-state index >= 15 is 0 Å². The number of hydrogen-bond acceptors (Lipinski definition) is 4. The third-order valence-electron chi connectivity index (χ3n) is 5.88. The molecule has 1 N–H and O–H groups in total. The molecule has 2 aliphatic rings. The monoisotopic (exact) mass is 361 g/mol. The normalized spacial score (nSPS) is 25.9. The highest BCUT2D eigenvalue weighted by Crippen LogP contribution is 2.49. The van der Waals surface area contributed by atoms with Crippen molar-refractivity contribution in [1.82, 2.24) is 14.7 Å². The molecule has 134 valence electrons. The molecule has 0 radical (unpaired) electrons. The number of aliphatic carboxylic acids is 1. The third-order valence-corrected chi connectivity index (χ3v) is 7.07. The Labute approximate surface area is 150 Å². The lowest BCUT2D eigenvalue weighted by Crippen LogP contribution is -2.37. The van der Waals surface area contributed by atoms with Crippen LogP contribution in [0.4, 0.5) is 0 Å². The zero-order valence-electron chi connectivity index (χ0n) is 14.8. The Morgan fingerprint density at radius 3 is 2.84 bits per heavy atom. The largest absolute Gasteiger partial charge is 0.481 e. The van der Waals surface area contributed by atoms with Crippen molar-refractivity contribution in [2.24, 2.45) is 18.4 Å². The minimum absolute atomic E-state index is 0.0362. The fraction of sp³-hybridized carbons (Fsp3) is 0.611. The number of carboxylic acid groups (broad SMARTS) is 1. The van der Waals surface area contributed by atoms with Crippen LogP contribution >= 0.6 is 11.3 Å². The summed E-state index contributed by atoms with van der Waals surface area (Å²) in [6.07, 6.45) is 2.54. The van der Waals surface area contributed by atoms with E-state index in [1.54, 1.807) is 4.90 Å². The van der Waals surface area contributed by atoms with Crippen LogP contribution in [0.15, 0.2) is 6.07 Å². The molecular formula is C18H23N3O3S. The molecule has 7 heteroatoms. The van der Waals surface area contributed by atoms with Crippen LogP contribution in [0.1, 0.15) is 54.4 Å². The quantitative estimate of drug-likeness (QED) is 0.911. The summed E-state index contributed by atoms with van der Waals surface area (Å²) in [5, 5.41) is 15.3. The highest BCUT2D eigenvalue weighted by atomic mass is 32.1. The maximum atomic E-state index is 13.0. The standard InChI is InChI=1S/C18H23N3O3S/c1-10(2)14-12-7-13(25-16(12)20(3)19-14)15(22)21-8-11-5-4-6-18(11,9-21)17(23)24/h7,10-11H,4-6,8-9H2,1-3H3,(H,23,24)/t11-,18+/m0/s1. The second kappa shape index (κ2) is 5.56. The van der Waals surface area contributed by atoms with Crippen molar-refractivity contribution in [3.05, 3.63) is 16.6 Å². The van der Waals surface area contributed by atoms with Crippen LogP contribution in [0.3, 0.4) is 0 Å². The van der Waals surface area contributed by atoms with Gasteiger partial charge < -0.3 is 10.0 Å². The van der Waals surface area contributed by atoms with Crippen molar-refractivity contribution in [3.8, 4) is 0 Å². The Kier molecular flexibility index (Phi) is 3.68. The molecule has 0 bridgehead atoms. The van der Waals surface area contributed by atoms with E-state index < -0.39 is 11.4 Å². The minimum atomic E-state index is -0.743. The Balaban J connectivity index is 1.65. The van der Waals surface area contributed by atoms with Crippen LogP contribution in [-0.4, -0.2) is 44.8 Å². The smallest absolute Gasteiger partial charge is 0.311 e. The molecule has 0 aromatic carbocycles. The molecule has 0 spiro atoms. The minimum Gasteiger partial charge on any atom is -0.481 e. The van der Waals surface area contributed by atoms with Crippen molar-refractivity contribution >= 4 is 33.4 Å². The number of likely N-dealkylation sites (tertiary alicyclic amines) is 1. The highest BCUT2D eigenvalue weighted by molar-refractivity contribution is 7.20. The fourth-order valence-electron chi connectivity index (χ4n) is 4.55. The predicted molar refractivity (Wildman–Crippen MR) is 96.0 cm³/mol. The van der Waals surface area contributed by atoms with Crippen molar-refractivity contribution < 1.29 is 14.7 Å². The second-order valence-corrected chi connectivity index (χ2v) is 8.76. The van der Waals surface area contributed by atoms with Gasteiger partial charge in [-0.1, -0.05) is 20.3 Å². The summed E-state index contributed by atoms with van der Waals surface area (Å²) < 4.78 is 1.84. The Hall–Kier alpha value is -1.89. The number of fused-ring (bicyclic) bond motifs is 2. The first-order chi connectivity index (χ1) is 11.8. The zero-order valence-corrected chi connectivity index (χ0v) is 15.6. The topological polar surface area (TPSA) is 75.4 Å². The van der Waals surface area contributed by atoms with Gasteiger partial charge in [-0.05, 0) is 30.7 Å². The van der Waals surface area contributed by atoms with Crippen LogP contribution < -0.4 is 0 Å². The molecule has 1 amide bonds. The third kappa shape index (κ3) is 2.32. The maximum Gasteiger partial charge on any atom is 0.311 e. The Bertz CT molecular complexity index is 868. The number of aromatic nitrogens is 2. The first-order valence-corrected chi connectivity index (χ1v) is 9.64. The number of nitrogens with zero attached hydrogens (tertiary/aromatic N) is 3. The van der Waals surface area contributed by atoms with E-state index in [0.29, 0.717) is 30.3 Å². The number of aryl methyl sites for hydroxylation is 1. The SMILES string of the molecule is CC(C)c1nn(C)c2sc(C(=O)N3C[C@@H]4CCC[C@@]4(C(=O)O)C3)cc12. The summed E-state index contributed by atoms with van der Waals surface area (Å²) in [6.45, 7) is 5.10. The molecule has 25 heavy (non-hydrogen) atoms. The number of thiophene rings is 1. The van der Waals surface area contributed by atoms with E-state index in [-0.39, 0.29) is 11.8 Å². The second-order valence-electron chi connectivity index (χ2n) is 7.73. The van der Waals surface area contributed by atoms with Gasteiger partial charge in [0.15, 0.2) is 0 Å². The van der Waals surface area contributed by atoms with E-state index in [0.717, 1.165) is 28.8 Å². The molecule has 2 aromatic rings. The van der Waals surface area contributed by atoms with Gasteiger partial charge in [0.2, 0.25) is 0 Å². The van der Waals surface area contributed by atoms with Gasteiger partial charge >= 0.3 is 5.97 Å². The van der Waals surface area contributed by atoms with E-state index in [2.05, 4.69) is 18.9 Å². The fourth-order valence-corrected chi connectivity index (χ4v) is 5.60. The van der Waals surface area contributed by atoms with Gasteiger partial charge in [0.25, 0.3) is 5.91 Å². The summed E-state index contributed by atoms with van der Waals surface area (Å²) in [5.74, 6) is -0.391. The average molecular weight is 361 g/mol. The molecule has 3 heterocycles. The van der Waals surface area contributed by atoms with Crippen molar-refractivity contribution in [2.45, 2.75) is 39.0 Å². The van der Waals surface area contributed by atoms with Crippen LogP contribution in [-0.2, 0) is 11.8 Å². The van der Waals surface area contributed by atoms with E-state index in [9.17, 15) is 14.7 Å². The maximum absolute atomic E-state index is 13.0. The van der Waals surface area contributed by atoms with E-state index in [4.69, 9.17) is 0 Å². The molecule has 4 rings (SSSR count). The highest BCUT2D eigenvalue weighted by Gasteiger charge is 2.55. The molecule has 1 saturated heterocycles. The van der Waals surface area contributed by atoms with Crippen LogP contribution in [0.2, 0.25) is 0 Å². The molecule has 2 atom stereocenters. The number of carboxylic acids is 1. The lowest BCUT2D eigenvalue weighted by molar-refractivity contribution is -0.149. The molecule has 1 aliphatic heterocycles. The van der Waals surface area contributed by atoms with Gasteiger partial charge in [0.05, 0.1) is 16.0 Å². The van der Waals surface area contributed by atoms with Gasteiger partial charge in [-0.15, -0.1) is 11.3 Å². The molecule has 6 nitrogen and oxygen atoms in total. The molecule has 2 fully saturated rings. The van der Waals surface area contributed by atoms with Gasteiger partial charge in [-0.2, -0.15) is 5.10 Å². The molecule has 1 saturated carbocycles. The molecule has 0 unspecified atom stereocenters. The lowest BCUT2D eigenvalue weighted by atomic mass is 9.81. The van der Waals surface area contributed by atoms with Crippen molar-refractivity contribution in [3.63, 3.8) is 0 Å². The first kappa shape index (κ1) is 16.6. The first-order valence-electron chi connectivity index (χ1n) is 8.82. The summed E-state index contributed by atoms with van der Waals surface area (Å²) in [6, 6.07) is 1.94. The average Bonchev–Trinajstić information content (AvgIpc) is 3.25. The molecule has 2 aromatic heterocycles. The summed E-state index contributed by atoms with van der Waals surface area (Å²) in [5.41, 5.74) is 0.282. The summed E-state index contributed by atoms with van der Waals surface area (Å²) in [4.78, 5) is 28.3. The van der Waals surface area contributed by atoms with E-state index in [1.807, 2.05) is 17.8 Å². The summed E-state index contributed by atoms with van der Waals surface area (Å²) in [7, 11) is 1.90. The van der Waals surface area contributed by atoms with Crippen molar-refractivity contribution in [1.29, 1.82) is 0 Å². The van der Waals surface area contributed by atoms with Crippen molar-refractivity contribution in [2.75, 3.05) is 13.1 Å². The number of carbonyl (C=O) groups is 2. The molecular weight excluding hydrogens is 338 g/mol. The van der Waals surface area contributed by atoms with E-state index in [1.165, 1.54) is 11.3 Å². The van der Waals surface area contributed by atoms with Gasteiger partial charge in [-0.25, -0.2) is 0 Å². The predicted octanol–water partition coefficient (Wildman–Crippen LogP) is 3.09. The van der Waals surface area contributed by atoms with Gasteiger partial charge in [-0.3, -0.25) is 14.3 Å². The number of hydrogen-bond donors (Lipinski definition) is 1. The Morgan fingerprint density at radius 1 is 1.44 bits per heavy atom. The molecule has 1 aliphatic carbocycles. The summed E-state index contributed by atoms with van der Waals surface area (Å²) >= 11 is 1.45.